The van der Waals surface area contributed by atoms with Crippen LogP contribution in [0.1, 0.15) is 21.6 Å². The first-order chi connectivity index (χ1) is 12.5. The summed E-state index contributed by atoms with van der Waals surface area (Å²) in [5.74, 6) is -0.0707. The molecule has 134 valence electrons. The highest BCUT2D eigenvalue weighted by Gasteiger charge is 2.10. The van der Waals surface area contributed by atoms with Gasteiger partial charge in [-0.05, 0) is 48.4 Å². The molecule has 0 radical (unpaired) electrons. The van der Waals surface area contributed by atoms with E-state index in [4.69, 9.17) is 16.3 Å². The Kier molecular flexibility index (Phi) is 5.53. The molecule has 0 saturated heterocycles. The van der Waals surface area contributed by atoms with Gasteiger partial charge in [0, 0.05) is 12.7 Å². The van der Waals surface area contributed by atoms with Gasteiger partial charge in [-0.25, -0.2) is 9.07 Å². The summed E-state index contributed by atoms with van der Waals surface area (Å²) in [6.07, 6.45) is 1.65. The molecule has 0 aliphatic carbocycles. The lowest BCUT2D eigenvalue weighted by atomic mass is 10.2. The second kappa shape index (κ2) is 8.01. The minimum atomic E-state index is -0.318. The van der Waals surface area contributed by atoms with Crippen molar-refractivity contribution in [3.8, 4) is 5.75 Å². The summed E-state index contributed by atoms with van der Waals surface area (Å²) in [5.41, 5.74) is 2.10. The van der Waals surface area contributed by atoms with Crippen LogP contribution in [0.4, 0.5) is 4.39 Å². The van der Waals surface area contributed by atoms with Gasteiger partial charge in [-0.2, -0.15) is 5.10 Å². The van der Waals surface area contributed by atoms with Gasteiger partial charge in [0.1, 0.15) is 17.3 Å². The number of amides is 1. The number of aromatic nitrogens is 2. The SMILES string of the molecule is Cc1ccc(Cl)c(OCn2ccc(C(=O)NCc3ccc(F)cc3)n2)c1. The maximum Gasteiger partial charge on any atom is 0.272 e. The number of aryl methyl sites for hydroxylation is 1. The summed E-state index contributed by atoms with van der Waals surface area (Å²) in [6, 6.07) is 13.0. The number of nitrogens with one attached hydrogen (secondary N) is 1. The lowest BCUT2D eigenvalue weighted by Crippen LogP contribution is -2.23. The van der Waals surface area contributed by atoms with Crippen LogP contribution in [0.25, 0.3) is 0 Å². The molecule has 0 saturated carbocycles. The van der Waals surface area contributed by atoms with Crippen molar-refractivity contribution in [2.75, 3.05) is 0 Å². The van der Waals surface area contributed by atoms with Crippen LogP contribution in [0.5, 0.6) is 5.75 Å². The van der Waals surface area contributed by atoms with Crippen molar-refractivity contribution in [2.45, 2.75) is 20.2 Å². The van der Waals surface area contributed by atoms with E-state index >= 15 is 0 Å². The molecule has 3 rings (SSSR count). The summed E-state index contributed by atoms with van der Waals surface area (Å²) >= 11 is 6.09. The normalized spacial score (nSPS) is 10.6. The van der Waals surface area contributed by atoms with Crippen LogP contribution in [0.2, 0.25) is 5.02 Å². The van der Waals surface area contributed by atoms with Crippen LogP contribution in [-0.2, 0) is 13.3 Å². The third-order valence-electron chi connectivity index (χ3n) is 3.68. The smallest absolute Gasteiger partial charge is 0.272 e. The zero-order valence-corrected chi connectivity index (χ0v) is 14.8. The zero-order valence-electron chi connectivity index (χ0n) is 14.1. The highest BCUT2D eigenvalue weighted by Crippen LogP contribution is 2.25. The van der Waals surface area contributed by atoms with Gasteiger partial charge in [0.25, 0.3) is 5.91 Å². The molecule has 0 spiro atoms. The van der Waals surface area contributed by atoms with Crippen molar-refractivity contribution in [1.82, 2.24) is 15.1 Å². The molecule has 26 heavy (non-hydrogen) atoms. The molecule has 2 aromatic carbocycles. The predicted octanol–water partition coefficient (Wildman–Crippen LogP) is 3.95. The minimum Gasteiger partial charge on any atom is -0.470 e. The van der Waals surface area contributed by atoms with Gasteiger partial charge < -0.3 is 10.1 Å². The van der Waals surface area contributed by atoms with E-state index in [0.29, 0.717) is 17.3 Å². The molecule has 1 N–H and O–H groups in total. The van der Waals surface area contributed by atoms with Crippen molar-refractivity contribution in [3.63, 3.8) is 0 Å². The standard InChI is InChI=1S/C19H17ClFN3O2/c1-13-2-7-16(20)18(10-13)26-12-24-9-8-17(23-24)19(25)22-11-14-3-5-15(21)6-4-14/h2-10H,11-12H2,1H3,(H,22,25). The summed E-state index contributed by atoms with van der Waals surface area (Å²) in [4.78, 5) is 12.1. The number of hydrogen-bond acceptors (Lipinski definition) is 3. The molecule has 0 unspecified atom stereocenters. The Morgan fingerprint density at radius 3 is 2.77 bits per heavy atom. The van der Waals surface area contributed by atoms with Crippen molar-refractivity contribution >= 4 is 17.5 Å². The molecule has 0 bridgehead atoms. The quantitative estimate of drug-likeness (QED) is 0.711. The molecule has 1 aromatic heterocycles. The van der Waals surface area contributed by atoms with E-state index in [1.807, 2.05) is 19.1 Å². The Morgan fingerprint density at radius 2 is 2.00 bits per heavy atom. The fourth-order valence-electron chi connectivity index (χ4n) is 2.29. The third-order valence-corrected chi connectivity index (χ3v) is 3.99. The van der Waals surface area contributed by atoms with E-state index in [2.05, 4.69) is 10.4 Å². The van der Waals surface area contributed by atoms with E-state index in [1.54, 1.807) is 30.5 Å². The Morgan fingerprint density at radius 1 is 1.23 bits per heavy atom. The van der Waals surface area contributed by atoms with Crippen LogP contribution in [0.15, 0.2) is 54.7 Å². The monoisotopic (exact) mass is 373 g/mol. The molecule has 0 aliphatic heterocycles. The van der Waals surface area contributed by atoms with Gasteiger partial charge in [-0.3, -0.25) is 4.79 Å². The Labute approximate surface area is 155 Å². The lowest BCUT2D eigenvalue weighted by molar-refractivity contribution is 0.0944. The van der Waals surface area contributed by atoms with Crippen LogP contribution >= 0.6 is 11.6 Å². The number of benzene rings is 2. The molecular formula is C19H17ClFN3O2. The van der Waals surface area contributed by atoms with E-state index in [9.17, 15) is 9.18 Å². The predicted molar refractivity (Wildman–Crippen MR) is 96.6 cm³/mol. The fourth-order valence-corrected chi connectivity index (χ4v) is 2.46. The highest BCUT2D eigenvalue weighted by molar-refractivity contribution is 6.32. The van der Waals surface area contributed by atoms with E-state index < -0.39 is 0 Å². The molecule has 7 heteroatoms. The number of hydrogen-bond donors (Lipinski definition) is 1. The van der Waals surface area contributed by atoms with Crippen molar-refractivity contribution in [3.05, 3.63) is 82.4 Å². The average molecular weight is 374 g/mol. The third kappa shape index (κ3) is 4.61. The van der Waals surface area contributed by atoms with E-state index in [1.165, 1.54) is 16.8 Å². The summed E-state index contributed by atoms with van der Waals surface area (Å²) < 4.78 is 20.0. The largest absolute Gasteiger partial charge is 0.470 e. The van der Waals surface area contributed by atoms with Gasteiger partial charge in [0.2, 0.25) is 0 Å². The van der Waals surface area contributed by atoms with Gasteiger partial charge in [-0.1, -0.05) is 29.8 Å². The molecule has 5 nitrogen and oxygen atoms in total. The molecular weight excluding hydrogens is 357 g/mol. The Hall–Kier alpha value is -2.86. The second-order valence-electron chi connectivity index (χ2n) is 5.76. The molecule has 3 aromatic rings. The number of halogens is 2. The first-order valence-corrected chi connectivity index (χ1v) is 8.34. The Bertz CT molecular complexity index is 909. The van der Waals surface area contributed by atoms with Gasteiger partial charge in [0.15, 0.2) is 6.73 Å². The number of rotatable bonds is 6. The van der Waals surface area contributed by atoms with E-state index in [-0.39, 0.29) is 24.1 Å². The van der Waals surface area contributed by atoms with Crippen LogP contribution in [-0.4, -0.2) is 15.7 Å². The van der Waals surface area contributed by atoms with Crippen molar-refractivity contribution in [1.29, 1.82) is 0 Å². The average Bonchev–Trinajstić information content (AvgIpc) is 3.11. The first-order valence-electron chi connectivity index (χ1n) is 7.96. The maximum atomic E-state index is 12.9. The molecule has 0 fully saturated rings. The topological polar surface area (TPSA) is 56.1 Å². The minimum absolute atomic E-state index is 0.133. The number of carbonyl (C=O) groups excluding carboxylic acids is 1. The van der Waals surface area contributed by atoms with Crippen LogP contribution < -0.4 is 10.1 Å². The maximum absolute atomic E-state index is 12.9. The van der Waals surface area contributed by atoms with Gasteiger partial charge in [0.05, 0.1) is 5.02 Å². The van der Waals surface area contributed by atoms with Gasteiger partial charge >= 0.3 is 0 Å². The number of nitrogens with zero attached hydrogens (tertiary/aromatic N) is 2. The van der Waals surface area contributed by atoms with Gasteiger partial charge in [-0.15, -0.1) is 0 Å². The summed E-state index contributed by atoms with van der Waals surface area (Å²) in [6.45, 7) is 2.37. The van der Waals surface area contributed by atoms with Crippen LogP contribution in [0.3, 0.4) is 0 Å². The molecule has 1 amide bonds. The van der Waals surface area contributed by atoms with Crippen LogP contribution in [0, 0.1) is 12.7 Å². The number of ether oxygens (including phenoxy) is 1. The van der Waals surface area contributed by atoms with Crippen molar-refractivity contribution in [2.24, 2.45) is 0 Å². The van der Waals surface area contributed by atoms with E-state index in [0.717, 1.165) is 11.1 Å². The zero-order chi connectivity index (χ0) is 18.5. The second-order valence-corrected chi connectivity index (χ2v) is 6.16. The molecule has 1 heterocycles. The summed E-state index contributed by atoms with van der Waals surface area (Å²) in [7, 11) is 0. The highest BCUT2D eigenvalue weighted by atomic mass is 35.5. The van der Waals surface area contributed by atoms with Crippen molar-refractivity contribution < 1.29 is 13.9 Å². The molecule has 0 atom stereocenters. The summed E-state index contributed by atoms with van der Waals surface area (Å²) in [5, 5.41) is 7.43. The number of carbonyl (C=O) groups is 1. The lowest BCUT2D eigenvalue weighted by Gasteiger charge is -2.08. The molecule has 0 aliphatic rings. The first kappa shape index (κ1) is 17.9. The fraction of sp³-hybridized carbons (Fsp3) is 0.158. The Balaban J connectivity index is 1.55.